The Labute approximate surface area is 173 Å². The number of nitrogens with one attached hydrogen (secondary N) is 1. The zero-order valence-corrected chi connectivity index (χ0v) is 17.5. The molecule has 0 saturated carbocycles. The van der Waals surface area contributed by atoms with Gasteiger partial charge in [-0.3, -0.25) is 0 Å². The number of aromatic nitrogens is 2. The van der Waals surface area contributed by atoms with Crippen LogP contribution in [0.3, 0.4) is 0 Å². The maximum Gasteiger partial charge on any atom is 0.317 e. The van der Waals surface area contributed by atoms with E-state index < -0.39 is 0 Å². The van der Waals surface area contributed by atoms with Gasteiger partial charge in [0.1, 0.15) is 5.82 Å². The lowest BCUT2D eigenvalue weighted by Crippen LogP contribution is -2.49. The van der Waals surface area contributed by atoms with Crippen molar-refractivity contribution in [1.82, 2.24) is 19.8 Å². The number of hydrogen-bond acceptors (Lipinski definition) is 3. The first kappa shape index (κ1) is 20.0. The van der Waals surface area contributed by atoms with Crippen LogP contribution in [0.5, 0.6) is 0 Å². The number of hydrogen-bond donors (Lipinski definition) is 1. The summed E-state index contributed by atoms with van der Waals surface area (Å²) in [6, 6.07) is 8.30. The second-order valence-corrected chi connectivity index (χ2v) is 8.36. The molecule has 2 amide bonds. The fourth-order valence-corrected chi connectivity index (χ4v) is 4.57. The molecule has 6 heteroatoms. The first-order valence-electron chi connectivity index (χ1n) is 10.9. The lowest BCUT2D eigenvalue weighted by Gasteiger charge is -2.38. The molecule has 0 aliphatic carbocycles. The van der Waals surface area contributed by atoms with E-state index >= 15 is 0 Å². The van der Waals surface area contributed by atoms with Crippen LogP contribution in [0.1, 0.15) is 56.5 Å². The normalized spacial score (nSPS) is 23.6. The van der Waals surface area contributed by atoms with Gasteiger partial charge in [0.05, 0.1) is 12.1 Å². The molecule has 0 bridgehead atoms. The first-order valence-corrected chi connectivity index (χ1v) is 10.9. The first-order chi connectivity index (χ1) is 14.1. The van der Waals surface area contributed by atoms with Gasteiger partial charge in [0, 0.05) is 43.7 Å². The fraction of sp³-hybridized carbons (Fsp3) is 0.565. The van der Waals surface area contributed by atoms with E-state index in [2.05, 4.69) is 34.6 Å². The Hall–Kier alpha value is -2.34. The average molecular weight is 397 g/mol. The van der Waals surface area contributed by atoms with Gasteiger partial charge in [-0.15, -0.1) is 0 Å². The Bertz CT molecular complexity index is 811. The third-order valence-electron chi connectivity index (χ3n) is 6.32. The van der Waals surface area contributed by atoms with E-state index in [4.69, 9.17) is 4.74 Å². The summed E-state index contributed by atoms with van der Waals surface area (Å²) in [5.41, 5.74) is 2.18. The highest BCUT2D eigenvalue weighted by molar-refractivity contribution is 5.74. The zero-order chi connectivity index (χ0) is 20.2. The molecule has 2 aromatic rings. The van der Waals surface area contributed by atoms with Crippen LogP contribution in [0.4, 0.5) is 4.79 Å². The molecule has 3 atom stereocenters. The number of likely N-dealkylation sites (tertiary alicyclic amines) is 1. The Morgan fingerprint density at radius 2 is 2.03 bits per heavy atom. The number of urea groups is 1. The van der Waals surface area contributed by atoms with Crippen molar-refractivity contribution in [3.05, 3.63) is 48.0 Å². The van der Waals surface area contributed by atoms with Crippen LogP contribution >= 0.6 is 0 Å². The maximum atomic E-state index is 12.9. The molecular formula is C23H32N4O2. The Morgan fingerprint density at radius 1 is 1.21 bits per heavy atom. The molecule has 156 valence electrons. The van der Waals surface area contributed by atoms with Gasteiger partial charge < -0.3 is 19.5 Å². The van der Waals surface area contributed by atoms with Crippen LogP contribution in [0.15, 0.2) is 36.7 Å². The number of aryl methyl sites for hydroxylation is 1. The number of carbonyl (C=O) groups is 1. The van der Waals surface area contributed by atoms with Gasteiger partial charge in [-0.05, 0) is 63.6 Å². The van der Waals surface area contributed by atoms with Gasteiger partial charge in [-0.1, -0.05) is 12.1 Å². The SMILES string of the molecule is Cc1nccn1-c1ccc(C(C)NC(=O)N2CCCC(C3CCCCO3)C2)cc1. The molecule has 3 heterocycles. The van der Waals surface area contributed by atoms with Gasteiger partial charge in [0.2, 0.25) is 0 Å². The number of imidazole rings is 1. The van der Waals surface area contributed by atoms with E-state index in [1.165, 1.54) is 19.3 Å². The largest absolute Gasteiger partial charge is 0.378 e. The molecule has 1 N–H and O–H groups in total. The highest BCUT2D eigenvalue weighted by Gasteiger charge is 2.31. The summed E-state index contributed by atoms with van der Waals surface area (Å²) in [4.78, 5) is 19.1. The average Bonchev–Trinajstić information content (AvgIpc) is 3.20. The highest BCUT2D eigenvalue weighted by atomic mass is 16.5. The van der Waals surface area contributed by atoms with Gasteiger partial charge in [0.25, 0.3) is 0 Å². The molecule has 0 spiro atoms. The second kappa shape index (κ2) is 8.99. The lowest BCUT2D eigenvalue weighted by molar-refractivity contribution is -0.0366. The fourth-order valence-electron chi connectivity index (χ4n) is 4.57. The number of rotatable bonds is 4. The molecule has 0 radical (unpaired) electrons. The van der Waals surface area contributed by atoms with E-state index in [1.54, 1.807) is 6.20 Å². The zero-order valence-electron chi connectivity index (χ0n) is 17.5. The molecule has 2 fully saturated rings. The van der Waals surface area contributed by atoms with Gasteiger partial charge in [0.15, 0.2) is 0 Å². The Morgan fingerprint density at radius 3 is 2.72 bits per heavy atom. The summed E-state index contributed by atoms with van der Waals surface area (Å²) in [6.45, 7) is 6.55. The standard InChI is InChI=1S/C23H32N4O2/c1-17(19-8-10-21(11-9-19)27-14-12-24-18(27)2)25-23(28)26-13-5-6-20(16-26)22-7-3-4-15-29-22/h8-12,14,17,20,22H,3-7,13,15-16H2,1-2H3,(H,25,28). The van der Waals surface area contributed by atoms with Crippen molar-refractivity contribution in [2.45, 2.75) is 58.1 Å². The summed E-state index contributed by atoms with van der Waals surface area (Å²) < 4.78 is 8.03. The topological polar surface area (TPSA) is 59.4 Å². The second-order valence-electron chi connectivity index (χ2n) is 8.36. The van der Waals surface area contributed by atoms with Gasteiger partial charge >= 0.3 is 6.03 Å². The van der Waals surface area contributed by atoms with Crippen LogP contribution in [0, 0.1) is 12.8 Å². The van der Waals surface area contributed by atoms with E-state index in [1.807, 2.05) is 29.5 Å². The third-order valence-corrected chi connectivity index (χ3v) is 6.32. The van der Waals surface area contributed by atoms with Crippen molar-refractivity contribution in [2.24, 2.45) is 5.92 Å². The van der Waals surface area contributed by atoms with Crippen LogP contribution < -0.4 is 5.32 Å². The Balaban J connectivity index is 1.34. The molecule has 2 aliphatic rings. The molecule has 3 unspecified atom stereocenters. The van der Waals surface area contributed by atoms with E-state index in [9.17, 15) is 4.79 Å². The number of carbonyl (C=O) groups excluding carboxylic acids is 1. The van der Waals surface area contributed by atoms with Crippen LogP contribution in [0.2, 0.25) is 0 Å². The lowest BCUT2D eigenvalue weighted by atomic mass is 9.88. The van der Waals surface area contributed by atoms with Crippen molar-refractivity contribution in [1.29, 1.82) is 0 Å². The molecule has 2 aliphatic heterocycles. The molecule has 29 heavy (non-hydrogen) atoms. The van der Waals surface area contributed by atoms with Crippen LogP contribution in [-0.4, -0.2) is 46.3 Å². The monoisotopic (exact) mass is 396 g/mol. The number of piperidine rings is 1. The van der Waals surface area contributed by atoms with Gasteiger partial charge in [-0.25, -0.2) is 9.78 Å². The smallest absolute Gasteiger partial charge is 0.317 e. The predicted molar refractivity (Wildman–Crippen MR) is 113 cm³/mol. The summed E-state index contributed by atoms with van der Waals surface area (Å²) in [6.07, 6.45) is 9.87. The molecular weight excluding hydrogens is 364 g/mol. The van der Waals surface area contributed by atoms with Crippen molar-refractivity contribution >= 4 is 6.03 Å². The number of benzene rings is 1. The highest BCUT2D eigenvalue weighted by Crippen LogP contribution is 2.28. The van der Waals surface area contributed by atoms with Gasteiger partial charge in [-0.2, -0.15) is 0 Å². The van der Waals surface area contributed by atoms with E-state index in [0.717, 1.165) is 49.6 Å². The number of nitrogens with zero attached hydrogens (tertiary/aromatic N) is 3. The van der Waals surface area contributed by atoms with Crippen molar-refractivity contribution in [2.75, 3.05) is 19.7 Å². The van der Waals surface area contributed by atoms with Crippen molar-refractivity contribution < 1.29 is 9.53 Å². The summed E-state index contributed by atoms with van der Waals surface area (Å²) >= 11 is 0. The quantitative estimate of drug-likeness (QED) is 0.841. The van der Waals surface area contributed by atoms with Crippen molar-refractivity contribution in [3.8, 4) is 5.69 Å². The Kier molecular flexibility index (Phi) is 6.19. The molecule has 2 saturated heterocycles. The molecule has 6 nitrogen and oxygen atoms in total. The minimum absolute atomic E-state index is 0.0348. The van der Waals surface area contributed by atoms with Crippen molar-refractivity contribution in [3.63, 3.8) is 0 Å². The minimum Gasteiger partial charge on any atom is -0.378 e. The minimum atomic E-state index is -0.0354. The van der Waals surface area contributed by atoms with Crippen LogP contribution in [-0.2, 0) is 4.74 Å². The maximum absolute atomic E-state index is 12.9. The number of ether oxygens (including phenoxy) is 1. The van der Waals surface area contributed by atoms with E-state index in [-0.39, 0.29) is 12.1 Å². The molecule has 1 aromatic heterocycles. The number of amides is 2. The summed E-state index contributed by atoms with van der Waals surface area (Å²) in [5.74, 6) is 1.43. The molecule has 4 rings (SSSR count). The summed E-state index contributed by atoms with van der Waals surface area (Å²) in [5, 5.41) is 3.18. The third kappa shape index (κ3) is 4.64. The summed E-state index contributed by atoms with van der Waals surface area (Å²) in [7, 11) is 0. The van der Waals surface area contributed by atoms with Crippen LogP contribution in [0.25, 0.3) is 5.69 Å². The molecule has 1 aromatic carbocycles. The van der Waals surface area contributed by atoms with E-state index in [0.29, 0.717) is 12.0 Å². The predicted octanol–water partition coefficient (Wildman–Crippen LogP) is 4.23.